The summed E-state index contributed by atoms with van der Waals surface area (Å²) in [5.74, 6) is 0.801. The van der Waals surface area contributed by atoms with Crippen LogP contribution in [-0.4, -0.2) is 29.1 Å². The number of hydrogen-bond acceptors (Lipinski definition) is 7. The summed E-state index contributed by atoms with van der Waals surface area (Å²) >= 11 is 0. The maximum absolute atomic E-state index is 12.0. The monoisotopic (exact) mass is 375 g/mol. The number of ether oxygens (including phenoxy) is 1. The Bertz CT molecular complexity index is 1020. The SMILES string of the molecule is CCOC(=O)c1cccc(Nc2ncnc(N3CCc4ccccc43)c2N)c1. The first kappa shape index (κ1) is 17.8. The van der Waals surface area contributed by atoms with Gasteiger partial charge in [-0.25, -0.2) is 14.8 Å². The fraction of sp³-hybridized carbons (Fsp3) is 0.190. The van der Waals surface area contributed by atoms with Gasteiger partial charge in [-0.05, 0) is 43.2 Å². The predicted octanol–water partition coefficient (Wildman–Crippen LogP) is 3.67. The molecule has 1 aromatic heterocycles. The number of nitrogens with one attached hydrogen (secondary N) is 1. The topological polar surface area (TPSA) is 93.4 Å². The van der Waals surface area contributed by atoms with E-state index in [4.69, 9.17) is 10.5 Å². The molecule has 0 saturated carbocycles. The van der Waals surface area contributed by atoms with Crippen LogP contribution in [0.25, 0.3) is 0 Å². The van der Waals surface area contributed by atoms with Crippen molar-refractivity contribution in [1.29, 1.82) is 0 Å². The number of anilines is 5. The van der Waals surface area contributed by atoms with Crippen LogP contribution in [0, 0.1) is 0 Å². The summed E-state index contributed by atoms with van der Waals surface area (Å²) in [6.45, 7) is 2.92. The molecule has 0 amide bonds. The minimum atomic E-state index is -0.365. The quantitative estimate of drug-likeness (QED) is 0.657. The second kappa shape index (κ2) is 7.56. The summed E-state index contributed by atoms with van der Waals surface area (Å²) in [6.07, 6.45) is 2.44. The Morgan fingerprint density at radius 1 is 1.21 bits per heavy atom. The Kier molecular flexibility index (Phi) is 4.80. The molecule has 28 heavy (non-hydrogen) atoms. The van der Waals surface area contributed by atoms with Gasteiger partial charge in [0.05, 0.1) is 12.2 Å². The molecule has 1 aliphatic heterocycles. The van der Waals surface area contributed by atoms with Crippen LogP contribution >= 0.6 is 0 Å². The summed E-state index contributed by atoms with van der Waals surface area (Å²) < 4.78 is 5.05. The summed E-state index contributed by atoms with van der Waals surface area (Å²) in [6, 6.07) is 15.3. The van der Waals surface area contributed by atoms with Crippen LogP contribution < -0.4 is 16.0 Å². The third-order valence-corrected chi connectivity index (χ3v) is 4.64. The highest BCUT2D eigenvalue weighted by Crippen LogP contribution is 2.38. The highest BCUT2D eigenvalue weighted by molar-refractivity contribution is 5.91. The first-order valence-electron chi connectivity index (χ1n) is 9.17. The van der Waals surface area contributed by atoms with E-state index < -0.39 is 0 Å². The average Bonchev–Trinajstić information content (AvgIpc) is 3.14. The van der Waals surface area contributed by atoms with Gasteiger partial charge < -0.3 is 20.7 Å². The third kappa shape index (κ3) is 3.34. The summed E-state index contributed by atoms with van der Waals surface area (Å²) in [7, 11) is 0. The van der Waals surface area contributed by atoms with E-state index in [1.165, 1.54) is 11.9 Å². The molecule has 0 spiro atoms. The van der Waals surface area contributed by atoms with E-state index in [1.807, 2.05) is 18.2 Å². The molecule has 0 aliphatic carbocycles. The Balaban J connectivity index is 1.62. The summed E-state index contributed by atoms with van der Waals surface area (Å²) in [5.41, 5.74) is 10.4. The highest BCUT2D eigenvalue weighted by atomic mass is 16.5. The van der Waals surface area contributed by atoms with Crippen molar-refractivity contribution < 1.29 is 9.53 Å². The van der Waals surface area contributed by atoms with Crippen LogP contribution in [0.15, 0.2) is 54.9 Å². The molecular formula is C21H21N5O2. The molecule has 0 fully saturated rings. The lowest BCUT2D eigenvalue weighted by Gasteiger charge is -2.21. The standard InChI is InChI=1S/C21H21N5O2/c1-2-28-21(27)15-7-5-8-16(12-15)25-19-18(22)20(24-13-23-19)26-11-10-14-6-3-4-9-17(14)26/h3-9,12-13H,2,10-11,22H2,1H3,(H,23,24,25). The molecule has 0 radical (unpaired) electrons. The van der Waals surface area contributed by atoms with Gasteiger partial charge >= 0.3 is 5.97 Å². The van der Waals surface area contributed by atoms with Crippen LogP contribution in [0.4, 0.5) is 28.7 Å². The van der Waals surface area contributed by atoms with E-state index in [0.717, 1.165) is 18.7 Å². The maximum atomic E-state index is 12.0. The zero-order valence-electron chi connectivity index (χ0n) is 15.6. The minimum absolute atomic E-state index is 0.329. The molecule has 2 aromatic carbocycles. The highest BCUT2D eigenvalue weighted by Gasteiger charge is 2.24. The summed E-state index contributed by atoms with van der Waals surface area (Å²) in [5, 5.41) is 3.19. The van der Waals surface area contributed by atoms with E-state index in [-0.39, 0.29) is 5.97 Å². The van der Waals surface area contributed by atoms with Crippen molar-refractivity contribution >= 4 is 34.7 Å². The number of nitrogen functional groups attached to an aromatic ring is 1. The van der Waals surface area contributed by atoms with Crippen molar-refractivity contribution in [3.63, 3.8) is 0 Å². The molecule has 3 aromatic rings. The second-order valence-electron chi connectivity index (χ2n) is 6.42. The first-order chi connectivity index (χ1) is 13.7. The molecular weight excluding hydrogens is 354 g/mol. The Morgan fingerprint density at radius 2 is 2.07 bits per heavy atom. The number of carbonyl (C=O) groups is 1. The zero-order chi connectivity index (χ0) is 19.5. The normalized spacial score (nSPS) is 12.5. The number of fused-ring (bicyclic) bond motifs is 1. The molecule has 7 nitrogen and oxygen atoms in total. The lowest BCUT2D eigenvalue weighted by atomic mass is 10.2. The molecule has 0 unspecified atom stereocenters. The van der Waals surface area contributed by atoms with Gasteiger partial charge in [0, 0.05) is 17.9 Å². The summed E-state index contributed by atoms with van der Waals surface area (Å²) in [4.78, 5) is 22.7. The van der Waals surface area contributed by atoms with Gasteiger partial charge in [-0.15, -0.1) is 0 Å². The van der Waals surface area contributed by atoms with Gasteiger partial charge in [0.2, 0.25) is 0 Å². The number of nitrogens with two attached hydrogens (primary N) is 1. The number of hydrogen-bond donors (Lipinski definition) is 2. The van der Waals surface area contributed by atoms with Crippen molar-refractivity contribution in [2.45, 2.75) is 13.3 Å². The molecule has 0 saturated heterocycles. The predicted molar refractivity (Wildman–Crippen MR) is 109 cm³/mol. The number of rotatable bonds is 5. The van der Waals surface area contributed by atoms with E-state index in [1.54, 1.807) is 25.1 Å². The molecule has 4 rings (SSSR count). The zero-order valence-corrected chi connectivity index (χ0v) is 15.6. The van der Waals surface area contributed by atoms with Crippen LogP contribution in [-0.2, 0) is 11.2 Å². The van der Waals surface area contributed by atoms with Gasteiger partial charge in [-0.3, -0.25) is 0 Å². The van der Waals surface area contributed by atoms with E-state index in [2.05, 4.69) is 32.3 Å². The molecule has 2 heterocycles. The minimum Gasteiger partial charge on any atom is -0.462 e. The Hall–Kier alpha value is -3.61. The van der Waals surface area contributed by atoms with Gasteiger partial charge in [0.25, 0.3) is 0 Å². The van der Waals surface area contributed by atoms with Crippen LogP contribution in [0.5, 0.6) is 0 Å². The fourth-order valence-electron chi connectivity index (χ4n) is 3.33. The van der Waals surface area contributed by atoms with Crippen molar-refractivity contribution in [3.8, 4) is 0 Å². The van der Waals surface area contributed by atoms with Crippen LogP contribution in [0.1, 0.15) is 22.8 Å². The Morgan fingerprint density at radius 3 is 2.93 bits per heavy atom. The number of benzene rings is 2. The fourth-order valence-corrected chi connectivity index (χ4v) is 3.33. The number of nitrogens with zero attached hydrogens (tertiary/aromatic N) is 3. The molecule has 1 aliphatic rings. The number of aromatic nitrogens is 2. The molecule has 142 valence electrons. The third-order valence-electron chi connectivity index (χ3n) is 4.64. The molecule has 0 bridgehead atoms. The molecule has 0 atom stereocenters. The lowest BCUT2D eigenvalue weighted by Crippen LogP contribution is -2.17. The second-order valence-corrected chi connectivity index (χ2v) is 6.42. The van der Waals surface area contributed by atoms with Crippen molar-refractivity contribution in [2.75, 3.05) is 29.1 Å². The average molecular weight is 375 g/mol. The number of esters is 1. The van der Waals surface area contributed by atoms with Crippen LogP contribution in [0.2, 0.25) is 0 Å². The van der Waals surface area contributed by atoms with Crippen molar-refractivity contribution in [3.05, 3.63) is 66.0 Å². The van der Waals surface area contributed by atoms with Crippen molar-refractivity contribution in [2.24, 2.45) is 0 Å². The Labute approximate surface area is 163 Å². The smallest absolute Gasteiger partial charge is 0.338 e. The van der Waals surface area contributed by atoms with Crippen LogP contribution in [0.3, 0.4) is 0 Å². The lowest BCUT2D eigenvalue weighted by molar-refractivity contribution is 0.0526. The van der Waals surface area contributed by atoms with Gasteiger partial charge in [-0.2, -0.15) is 0 Å². The van der Waals surface area contributed by atoms with Crippen molar-refractivity contribution in [1.82, 2.24) is 9.97 Å². The van der Waals surface area contributed by atoms with E-state index >= 15 is 0 Å². The largest absolute Gasteiger partial charge is 0.462 e. The first-order valence-corrected chi connectivity index (χ1v) is 9.17. The van der Waals surface area contributed by atoms with Gasteiger partial charge in [0.1, 0.15) is 12.0 Å². The number of carbonyl (C=O) groups excluding carboxylic acids is 1. The molecule has 7 heteroatoms. The van der Waals surface area contributed by atoms with Gasteiger partial charge in [-0.1, -0.05) is 24.3 Å². The van der Waals surface area contributed by atoms with Gasteiger partial charge in [0.15, 0.2) is 11.6 Å². The van der Waals surface area contributed by atoms with E-state index in [0.29, 0.717) is 35.2 Å². The molecule has 3 N–H and O–H groups in total. The maximum Gasteiger partial charge on any atom is 0.338 e. The van der Waals surface area contributed by atoms with E-state index in [9.17, 15) is 4.79 Å². The number of para-hydroxylation sites is 1.